The van der Waals surface area contributed by atoms with Crippen molar-refractivity contribution in [2.75, 3.05) is 0 Å². The van der Waals surface area contributed by atoms with Gasteiger partial charge in [0.2, 0.25) is 0 Å². The minimum absolute atomic E-state index is 0.967. The van der Waals surface area contributed by atoms with Crippen LogP contribution in [0.15, 0.2) is 18.5 Å². The van der Waals surface area contributed by atoms with Crippen molar-refractivity contribution in [3.63, 3.8) is 0 Å². The molecule has 126 valence electrons. The summed E-state index contributed by atoms with van der Waals surface area (Å²) in [5, 5.41) is 0. The van der Waals surface area contributed by atoms with Crippen molar-refractivity contribution in [3.8, 4) is 0 Å². The molecule has 0 aliphatic rings. The Balaban J connectivity index is 1.73. The van der Waals surface area contributed by atoms with Gasteiger partial charge in [0.25, 0.3) is 0 Å². The van der Waals surface area contributed by atoms with Gasteiger partial charge in [-0.1, -0.05) is 90.0 Å². The molecule has 0 amide bonds. The van der Waals surface area contributed by atoms with Crippen molar-refractivity contribution >= 4 is 6.08 Å². The van der Waals surface area contributed by atoms with E-state index in [1.54, 1.807) is 6.20 Å². The maximum Gasteiger partial charge on any atom is 0.129 e. The third-order valence-corrected chi connectivity index (χ3v) is 4.27. The Morgan fingerprint density at radius 3 is 1.86 bits per heavy atom. The van der Waals surface area contributed by atoms with Crippen LogP contribution in [-0.2, 0) is 0 Å². The molecule has 1 aromatic rings. The van der Waals surface area contributed by atoms with E-state index >= 15 is 0 Å². The molecule has 1 aromatic heterocycles. The summed E-state index contributed by atoms with van der Waals surface area (Å²) < 4.78 is 0. The molecule has 0 aromatic carbocycles. The van der Waals surface area contributed by atoms with E-state index in [1.807, 2.05) is 6.20 Å². The summed E-state index contributed by atoms with van der Waals surface area (Å²) in [5.74, 6) is 0.967. The average molecular weight is 305 g/mol. The number of aromatic amines is 1. The number of hydrogen-bond acceptors (Lipinski definition) is 1. The molecule has 2 nitrogen and oxygen atoms in total. The van der Waals surface area contributed by atoms with Crippen LogP contribution in [-0.4, -0.2) is 9.97 Å². The van der Waals surface area contributed by atoms with Gasteiger partial charge in [0.15, 0.2) is 0 Å². The largest absolute Gasteiger partial charge is 0.345 e. The molecule has 1 heterocycles. The fraction of sp³-hybridized carbons (Fsp3) is 0.750. The predicted octanol–water partition coefficient (Wildman–Crippen LogP) is 6.90. The minimum atomic E-state index is 0.967. The van der Waals surface area contributed by atoms with Crippen LogP contribution in [0.5, 0.6) is 0 Å². The molecular formula is C20H36N2. The minimum Gasteiger partial charge on any atom is -0.345 e. The number of allylic oxidation sites excluding steroid dienone is 1. The van der Waals surface area contributed by atoms with E-state index in [0.717, 1.165) is 5.82 Å². The Morgan fingerprint density at radius 1 is 0.818 bits per heavy atom. The van der Waals surface area contributed by atoms with Crippen LogP contribution in [0.2, 0.25) is 0 Å². The van der Waals surface area contributed by atoms with Crippen LogP contribution in [0.25, 0.3) is 6.08 Å². The lowest BCUT2D eigenvalue weighted by atomic mass is 10.0. The van der Waals surface area contributed by atoms with Gasteiger partial charge in [0.05, 0.1) is 0 Å². The van der Waals surface area contributed by atoms with Crippen LogP contribution in [0, 0.1) is 0 Å². The Bertz CT molecular complexity index is 341. The second-order valence-corrected chi connectivity index (χ2v) is 6.41. The molecule has 1 rings (SSSR count). The second kappa shape index (κ2) is 14.9. The molecule has 0 aliphatic carbocycles. The Kier molecular flexibility index (Phi) is 12.8. The number of nitrogens with one attached hydrogen (secondary N) is 1. The Hall–Kier alpha value is -1.05. The fourth-order valence-electron chi connectivity index (χ4n) is 2.84. The smallest absolute Gasteiger partial charge is 0.129 e. The lowest BCUT2D eigenvalue weighted by Crippen LogP contribution is -1.82. The quantitative estimate of drug-likeness (QED) is 0.351. The second-order valence-electron chi connectivity index (χ2n) is 6.41. The zero-order chi connectivity index (χ0) is 15.7. The zero-order valence-electron chi connectivity index (χ0n) is 14.7. The Morgan fingerprint density at radius 2 is 1.36 bits per heavy atom. The van der Waals surface area contributed by atoms with Gasteiger partial charge in [0, 0.05) is 12.4 Å². The molecule has 22 heavy (non-hydrogen) atoms. The summed E-state index contributed by atoms with van der Waals surface area (Å²) in [6.07, 6.45) is 27.6. The molecule has 0 fully saturated rings. The highest BCUT2D eigenvalue weighted by atomic mass is 14.9. The van der Waals surface area contributed by atoms with Crippen LogP contribution in [0.4, 0.5) is 0 Å². The summed E-state index contributed by atoms with van der Waals surface area (Å²) in [6, 6.07) is 0. The number of nitrogens with zero attached hydrogens (tertiary/aromatic N) is 1. The lowest BCUT2D eigenvalue weighted by Gasteiger charge is -2.02. The number of aromatic nitrogens is 2. The zero-order valence-corrected chi connectivity index (χ0v) is 14.7. The number of unbranched alkanes of at least 4 members (excludes halogenated alkanes) is 13. The molecule has 0 bridgehead atoms. The number of H-pyrrole nitrogens is 1. The van der Waals surface area contributed by atoms with Gasteiger partial charge in [-0.3, -0.25) is 0 Å². The standard InChI is InChI=1S/C20H36N2/c1-2-3-4-5-6-7-8-9-10-11-12-13-14-15-16-17-20-21-18-19-22-20/h16-19H,2-15H2,1H3,(H,21,22)/b17-16+. The monoisotopic (exact) mass is 304 g/mol. The molecule has 0 unspecified atom stereocenters. The first-order valence-electron chi connectivity index (χ1n) is 9.59. The first-order valence-corrected chi connectivity index (χ1v) is 9.59. The van der Waals surface area contributed by atoms with Gasteiger partial charge in [-0.15, -0.1) is 0 Å². The van der Waals surface area contributed by atoms with Crippen molar-refractivity contribution in [2.24, 2.45) is 0 Å². The molecule has 0 spiro atoms. The van der Waals surface area contributed by atoms with E-state index in [4.69, 9.17) is 0 Å². The predicted molar refractivity (Wildman–Crippen MR) is 97.9 cm³/mol. The fourth-order valence-corrected chi connectivity index (χ4v) is 2.84. The van der Waals surface area contributed by atoms with E-state index in [1.165, 1.54) is 89.9 Å². The van der Waals surface area contributed by atoms with Crippen molar-refractivity contribution in [1.29, 1.82) is 0 Å². The van der Waals surface area contributed by atoms with Crippen LogP contribution >= 0.6 is 0 Å². The van der Waals surface area contributed by atoms with Crippen LogP contribution in [0.1, 0.15) is 103 Å². The summed E-state index contributed by atoms with van der Waals surface area (Å²) in [5.41, 5.74) is 0. The normalized spacial score (nSPS) is 11.5. The van der Waals surface area contributed by atoms with E-state index in [2.05, 4.69) is 29.0 Å². The Labute approximate surface area is 137 Å². The number of imidazole rings is 1. The van der Waals surface area contributed by atoms with Crippen LogP contribution < -0.4 is 0 Å². The van der Waals surface area contributed by atoms with Gasteiger partial charge in [0.1, 0.15) is 5.82 Å². The van der Waals surface area contributed by atoms with E-state index < -0.39 is 0 Å². The lowest BCUT2D eigenvalue weighted by molar-refractivity contribution is 0.540. The molecule has 0 atom stereocenters. The SMILES string of the molecule is CCCCCCCCCCCCCCC/C=C/c1ncc[nH]1. The summed E-state index contributed by atoms with van der Waals surface area (Å²) in [4.78, 5) is 7.27. The van der Waals surface area contributed by atoms with Gasteiger partial charge in [-0.05, 0) is 18.9 Å². The summed E-state index contributed by atoms with van der Waals surface area (Å²) in [6.45, 7) is 2.29. The van der Waals surface area contributed by atoms with Crippen LogP contribution in [0.3, 0.4) is 0 Å². The molecule has 2 heteroatoms. The van der Waals surface area contributed by atoms with Crippen molar-refractivity contribution < 1.29 is 0 Å². The average Bonchev–Trinajstić information content (AvgIpc) is 3.04. The summed E-state index contributed by atoms with van der Waals surface area (Å²) >= 11 is 0. The van der Waals surface area contributed by atoms with Gasteiger partial charge < -0.3 is 4.98 Å². The maximum atomic E-state index is 4.18. The summed E-state index contributed by atoms with van der Waals surface area (Å²) in [7, 11) is 0. The molecule has 1 N–H and O–H groups in total. The molecule has 0 radical (unpaired) electrons. The van der Waals surface area contributed by atoms with Crippen molar-refractivity contribution in [2.45, 2.75) is 96.8 Å². The van der Waals surface area contributed by atoms with E-state index in [9.17, 15) is 0 Å². The molecule has 0 saturated carbocycles. The number of rotatable bonds is 15. The number of hydrogen-bond donors (Lipinski definition) is 1. The molecular weight excluding hydrogens is 268 g/mol. The van der Waals surface area contributed by atoms with Gasteiger partial charge in [-0.2, -0.15) is 0 Å². The van der Waals surface area contributed by atoms with E-state index in [0.29, 0.717) is 0 Å². The first-order chi connectivity index (χ1) is 10.9. The molecule has 0 saturated heterocycles. The highest BCUT2D eigenvalue weighted by molar-refractivity contribution is 5.38. The molecule has 0 aliphatic heterocycles. The van der Waals surface area contributed by atoms with Gasteiger partial charge in [-0.25, -0.2) is 4.98 Å². The van der Waals surface area contributed by atoms with Crippen molar-refractivity contribution in [3.05, 3.63) is 24.3 Å². The topological polar surface area (TPSA) is 28.7 Å². The first kappa shape index (κ1) is 19.0. The van der Waals surface area contributed by atoms with Crippen molar-refractivity contribution in [1.82, 2.24) is 9.97 Å². The van der Waals surface area contributed by atoms with Gasteiger partial charge >= 0.3 is 0 Å². The highest BCUT2D eigenvalue weighted by Gasteiger charge is 1.93. The highest BCUT2D eigenvalue weighted by Crippen LogP contribution is 2.13. The third kappa shape index (κ3) is 11.6. The van der Waals surface area contributed by atoms with E-state index in [-0.39, 0.29) is 0 Å². The third-order valence-electron chi connectivity index (χ3n) is 4.27. The maximum absolute atomic E-state index is 4.18.